The molecule has 1 aliphatic heterocycles. The Bertz CT molecular complexity index is 1530. The van der Waals surface area contributed by atoms with E-state index in [1.165, 1.54) is 30.2 Å². The Morgan fingerprint density at radius 1 is 1.09 bits per heavy atom. The van der Waals surface area contributed by atoms with Crippen LogP contribution in [0.2, 0.25) is 10.0 Å². The minimum atomic E-state index is -1.05. The Morgan fingerprint density at radius 3 is 2.51 bits per heavy atom. The molecule has 0 bridgehead atoms. The van der Waals surface area contributed by atoms with Crippen molar-refractivity contribution < 1.29 is 28.2 Å². The van der Waals surface area contributed by atoms with Crippen LogP contribution in [0, 0.1) is 5.82 Å². The third-order valence-electron chi connectivity index (χ3n) is 5.77. The summed E-state index contributed by atoms with van der Waals surface area (Å²) in [6.45, 7) is 0. The minimum absolute atomic E-state index is 0.0863. The molecule has 0 fully saturated rings. The molecule has 6 nitrogen and oxygen atoms in total. The maximum atomic E-state index is 13.8. The highest BCUT2D eigenvalue weighted by molar-refractivity contribution is 6.31. The fourth-order valence-corrected chi connectivity index (χ4v) is 4.44. The number of aliphatic hydroxyl groups excluding tert-OH is 1. The number of rotatable bonds is 5. The van der Waals surface area contributed by atoms with Crippen LogP contribution in [0.25, 0.3) is 11.0 Å². The Labute approximate surface area is 208 Å². The number of ketones is 1. The summed E-state index contributed by atoms with van der Waals surface area (Å²) in [5.41, 5.74) is 0.843. The van der Waals surface area contributed by atoms with Crippen molar-refractivity contribution in [3.8, 4) is 5.75 Å². The second-order valence-electron chi connectivity index (χ2n) is 7.81. The van der Waals surface area contributed by atoms with E-state index in [4.69, 9.17) is 32.4 Å². The van der Waals surface area contributed by atoms with Gasteiger partial charge in [-0.2, -0.15) is 0 Å². The molecule has 0 spiro atoms. The van der Waals surface area contributed by atoms with Crippen LogP contribution in [0.3, 0.4) is 0 Å². The van der Waals surface area contributed by atoms with Crippen LogP contribution in [0.4, 0.5) is 10.1 Å². The molecular weight excluding hydrogens is 496 g/mol. The summed E-state index contributed by atoms with van der Waals surface area (Å²) in [6, 6.07) is 15.8. The molecule has 1 aromatic heterocycles. The number of hydrogen-bond donors (Lipinski definition) is 1. The van der Waals surface area contributed by atoms with Crippen LogP contribution in [0.5, 0.6) is 5.75 Å². The molecule has 4 aromatic rings. The van der Waals surface area contributed by atoms with Crippen molar-refractivity contribution in [3.63, 3.8) is 0 Å². The van der Waals surface area contributed by atoms with Crippen molar-refractivity contribution in [2.75, 3.05) is 12.0 Å². The summed E-state index contributed by atoms with van der Waals surface area (Å²) in [4.78, 5) is 28.1. The maximum Gasteiger partial charge on any atom is 0.294 e. The molecule has 1 atom stereocenters. The number of methoxy groups -OCH3 is 1. The smallest absolute Gasteiger partial charge is 0.294 e. The highest BCUT2D eigenvalue weighted by Gasteiger charge is 2.45. The average molecular weight is 512 g/mol. The molecule has 0 saturated carbocycles. The van der Waals surface area contributed by atoms with Gasteiger partial charge in [-0.05, 0) is 48.0 Å². The lowest BCUT2D eigenvalue weighted by atomic mass is 9.94. The standard InChI is InChI=1S/C26H16Cl2FNO5/c1-34-19-4-2-3-14-11-20(35-25(14)19)23(31)21-22(13-5-7-15(27)8-6-13)30(26(33)24(21)32)16-9-10-18(29)17(28)12-16/h2-12,22,32H,1H3. The van der Waals surface area contributed by atoms with Crippen molar-refractivity contribution in [1.29, 1.82) is 0 Å². The SMILES string of the molecule is COc1cccc2cc(C(=O)C3=C(O)C(=O)N(c4ccc(F)c(Cl)c4)C3c3ccc(Cl)cc3)oc12. The van der Waals surface area contributed by atoms with E-state index in [0.29, 0.717) is 27.3 Å². The molecule has 0 saturated heterocycles. The second kappa shape index (κ2) is 8.76. The first-order valence-corrected chi connectivity index (χ1v) is 11.1. The number of fused-ring (bicyclic) bond motifs is 1. The van der Waals surface area contributed by atoms with Crippen LogP contribution in [0.15, 0.2) is 82.5 Å². The number of ether oxygens (including phenoxy) is 1. The summed E-state index contributed by atoms with van der Waals surface area (Å²) in [7, 11) is 1.48. The van der Waals surface area contributed by atoms with E-state index in [2.05, 4.69) is 0 Å². The normalized spacial score (nSPS) is 15.8. The zero-order valence-corrected chi connectivity index (χ0v) is 19.6. The number of Topliss-reactive ketones (excluding diaryl/α,β-unsaturated/α-hetero) is 1. The number of para-hydroxylation sites is 1. The van der Waals surface area contributed by atoms with Gasteiger partial charge in [0.2, 0.25) is 5.78 Å². The van der Waals surface area contributed by atoms with Crippen molar-refractivity contribution >= 4 is 51.5 Å². The number of halogens is 3. The predicted octanol–water partition coefficient (Wildman–Crippen LogP) is 6.67. The number of amides is 1. The van der Waals surface area contributed by atoms with Crippen LogP contribution in [0.1, 0.15) is 22.2 Å². The lowest BCUT2D eigenvalue weighted by molar-refractivity contribution is -0.117. The Balaban J connectivity index is 1.67. The van der Waals surface area contributed by atoms with Gasteiger partial charge in [0.05, 0.1) is 23.7 Å². The fraction of sp³-hybridized carbons (Fsp3) is 0.0769. The van der Waals surface area contributed by atoms with Gasteiger partial charge in [0.1, 0.15) is 5.82 Å². The first-order valence-electron chi connectivity index (χ1n) is 10.4. The zero-order valence-electron chi connectivity index (χ0n) is 18.1. The van der Waals surface area contributed by atoms with Gasteiger partial charge in [0, 0.05) is 16.1 Å². The molecule has 5 rings (SSSR count). The van der Waals surface area contributed by atoms with Gasteiger partial charge in [0.25, 0.3) is 5.91 Å². The average Bonchev–Trinajstić information content (AvgIpc) is 3.40. The summed E-state index contributed by atoms with van der Waals surface area (Å²) >= 11 is 12.0. The van der Waals surface area contributed by atoms with Crippen LogP contribution in [-0.2, 0) is 4.79 Å². The van der Waals surface area contributed by atoms with Crippen LogP contribution < -0.4 is 9.64 Å². The zero-order chi connectivity index (χ0) is 24.9. The van der Waals surface area contributed by atoms with Crippen LogP contribution >= 0.6 is 23.2 Å². The molecule has 1 amide bonds. The number of carbonyl (C=O) groups excluding carboxylic acids is 2. The van der Waals surface area contributed by atoms with Gasteiger partial charge in [-0.3, -0.25) is 14.5 Å². The molecule has 1 aliphatic rings. The topological polar surface area (TPSA) is 80.0 Å². The highest BCUT2D eigenvalue weighted by Crippen LogP contribution is 2.43. The van der Waals surface area contributed by atoms with Crippen LogP contribution in [-0.4, -0.2) is 23.9 Å². The monoisotopic (exact) mass is 511 g/mol. The van der Waals surface area contributed by atoms with Crippen molar-refractivity contribution in [2.24, 2.45) is 0 Å². The number of aliphatic hydroxyl groups is 1. The molecule has 0 aliphatic carbocycles. The van der Waals surface area contributed by atoms with E-state index < -0.39 is 29.3 Å². The summed E-state index contributed by atoms with van der Waals surface area (Å²) in [5.74, 6) is -2.61. The van der Waals surface area contributed by atoms with Gasteiger partial charge >= 0.3 is 0 Å². The fourth-order valence-electron chi connectivity index (χ4n) is 4.14. The number of anilines is 1. The highest BCUT2D eigenvalue weighted by atomic mass is 35.5. The summed E-state index contributed by atoms with van der Waals surface area (Å²) in [6.07, 6.45) is 0. The first kappa shape index (κ1) is 23.0. The maximum absolute atomic E-state index is 13.8. The quantitative estimate of drug-likeness (QED) is 0.302. The van der Waals surface area contributed by atoms with E-state index >= 15 is 0 Å². The number of nitrogens with zero attached hydrogens (tertiary/aromatic N) is 1. The van der Waals surface area contributed by atoms with E-state index in [1.807, 2.05) is 0 Å². The Hall–Kier alpha value is -3.81. The van der Waals surface area contributed by atoms with Gasteiger partial charge in [0.15, 0.2) is 22.9 Å². The predicted molar refractivity (Wildman–Crippen MR) is 130 cm³/mol. The molecule has 176 valence electrons. The van der Waals surface area contributed by atoms with E-state index in [0.717, 1.165) is 6.07 Å². The molecule has 1 unspecified atom stereocenters. The molecule has 0 radical (unpaired) electrons. The van der Waals surface area contributed by atoms with E-state index in [9.17, 15) is 19.1 Å². The number of benzene rings is 3. The first-order chi connectivity index (χ1) is 16.8. The van der Waals surface area contributed by atoms with Crippen molar-refractivity contribution in [2.45, 2.75) is 6.04 Å². The van der Waals surface area contributed by atoms with Gasteiger partial charge in [-0.1, -0.05) is 47.5 Å². The lowest BCUT2D eigenvalue weighted by Gasteiger charge is -2.27. The summed E-state index contributed by atoms with van der Waals surface area (Å²) in [5, 5.41) is 11.7. The second-order valence-corrected chi connectivity index (χ2v) is 8.65. The molecule has 35 heavy (non-hydrogen) atoms. The number of carbonyl (C=O) groups is 2. The van der Waals surface area contributed by atoms with E-state index in [-0.39, 0.29) is 22.0 Å². The molecule has 3 aromatic carbocycles. The molecule has 9 heteroatoms. The van der Waals surface area contributed by atoms with Gasteiger partial charge < -0.3 is 14.3 Å². The third kappa shape index (κ3) is 3.83. The molecule has 2 heterocycles. The number of furan rings is 1. The Morgan fingerprint density at radius 2 is 1.83 bits per heavy atom. The van der Waals surface area contributed by atoms with Crippen molar-refractivity contribution in [3.05, 3.63) is 105 Å². The van der Waals surface area contributed by atoms with Crippen molar-refractivity contribution in [1.82, 2.24) is 0 Å². The Kier molecular flexibility index (Phi) is 5.75. The third-order valence-corrected chi connectivity index (χ3v) is 6.31. The summed E-state index contributed by atoms with van der Waals surface area (Å²) < 4.78 is 24.9. The lowest BCUT2D eigenvalue weighted by Crippen LogP contribution is -2.31. The van der Waals surface area contributed by atoms with Gasteiger partial charge in [-0.15, -0.1) is 0 Å². The van der Waals surface area contributed by atoms with Gasteiger partial charge in [-0.25, -0.2) is 4.39 Å². The van der Waals surface area contributed by atoms with E-state index in [1.54, 1.807) is 42.5 Å². The number of hydrogen-bond acceptors (Lipinski definition) is 5. The molecule has 1 N–H and O–H groups in total. The minimum Gasteiger partial charge on any atom is -0.503 e. The largest absolute Gasteiger partial charge is 0.503 e. The molecular formula is C26H16Cl2FNO5.